The molecule has 1 heterocycles. The maximum Gasteiger partial charge on any atom is 0.0314 e. The number of nitrogens with zero attached hydrogens (tertiary/aromatic N) is 1. The van der Waals surface area contributed by atoms with E-state index in [0.29, 0.717) is 0 Å². The van der Waals surface area contributed by atoms with Crippen LogP contribution in [0.5, 0.6) is 0 Å². The second-order valence-corrected chi connectivity index (χ2v) is 6.30. The minimum atomic E-state index is 0.803. The van der Waals surface area contributed by atoms with Gasteiger partial charge in [0.05, 0.1) is 0 Å². The smallest absolute Gasteiger partial charge is 0.0314 e. The quantitative estimate of drug-likeness (QED) is 0.815. The molecule has 2 aromatic rings. The fourth-order valence-corrected chi connectivity index (χ4v) is 3.09. The van der Waals surface area contributed by atoms with Crippen LogP contribution in [-0.2, 0) is 13.0 Å². The van der Waals surface area contributed by atoms with E-state index in [4.69, 9.17) is 5.73 Å². The molecule has 100 valence electrons. The molecular weight excluding hydrogens is 252 g/mol. The van der Waals surface area contributed by atoms with Crippen LogP contribution in [0.4, 0.5) is 5.69 Å². The highest BCUT2D eigenvalue weighted by molar-refractivity contribution is 7.09. The molecule has 1 aromatic heterocycles. The van der Waals surface area contributed by atoms with Crippen molar-refractivity contribution < 1.29 is 0 Å². The number of hydrogen-bond donors (Lipinski definition) is 1. The monoisotopic (exact) mass is 272 g/mol. The van der Waals surface area contributed by atoms with Crippen molar-refractivity contribution in [3.05, 3.63) is 52.2 Å². The Kier molecular flexibility index (Phi) is 3.85. The standard InChI is InChI=1S/C16H20N2S/c17-14-5-3-13(4-6-14)12-18(15-7-8-15)10-9-16-2-1-11-19-16/h1-6,11,15H,7-10,12,17H2. The third-order valence-corrected chi connectivity index (χ3v) is 4.59. The summed E-state index contributed by atoms with van der Waals surface area (Å²) in [5, 5.41) is 2.16. The molecule has 0 bridgehead atoms. The molecule has 0 aliphatic heterocycles. The molecule has 2 N–H and O–H groups in total. The molecule has 3 rings (SSSR count). The third-order valence-electron chi connectivity index (χ3n) is 3.65. The number of rotatable bonds is 6. The van der Waals surface area contributed by atoms with Crippen molar-refractivity contribution in [3.63, 3.8) is 0 Å². The van der Waals surface area contributed by atoms with E-state index in [2.05, 4.69) is 34.5 Å². The minimum Gasteiger partial charge on any atom is -0.399 e. The number of nitrogens with two attached hydrogens (primary N) is 1. The third kappa shape index (κ3) is 3.58. The maximum absolute atomic E-state index is 5.74. The zero-order chi connectivity index (χ0) is 13.1. The van der Waals surface area contributed by atoms with Crippen LogP contribution in [0, 0.1) is 0 Å². The molecule has 1 aromatic carbocycles. The number of anilines is 1. The van der Waals surface area contributed by atoms with E-state index >= 15 is 0 Å². The lowest BCUT2D eigenvalue weighted by molar-refractivity contribution is 0.258. The van der Waals surface area contributed by atoms with Gasteiger partial charge in [-0.05, 0) is 48.4 Å². The molecule has 1 fully saturated rings. The van der Waals surface area contributed by atoms with Gasteiger partial charge in [-0.2, -0.15) is 0 Å². The first-order valence-corrected chi connectivity index (χ1v) is 7.80. The summed E-state index contributed by atoms with van der Waals surface area (Å²) in [5.74, 6) is 0. The van der Waals surface area contributed by atoms with Crippen LogP contribution in [0.25, 0.3) is 0 Å². The van der Waals surface area contributed by atoms with E-state index in [9.17, 15) is 0 Å². The average molecular weight is 272 g/mol. The lowest BCUT2D eigenvalue weighted by Crippen LogP contribution is -2.27. The molecule has 3 heteroatoms. The van der Waals surface area contributed by atoms with E-state index in [1.54, 1.807) is 0 Å². The number of nitrogen functional groups attached to an aromatic ring is 1. The van der Waals surface area contributed by atoms with Crippen LogP contribution >= 0.6 is 11.3 Å². The topological polar surface area (TPSA) is 29.3 Å². The Hall–Kier alpha value is -1.32. The minimum absolute atomic E-state index is 0.803. The largest absolute Gasteiger partial charge is 0.399 e. The molecule has 0 unspecified atom stereocenters. The van der Waals surface area contributed by atoms with Gasteiger partial charge >= 0.3 is 0 Å². The van der Waals surface area contributed by atoms with Crippen molar-refractivity contribution >= 4 is 17.0 Å². The number of hydrogen-bond acceptors (Lipinski definition) is 3. The summed E-state index contributed by atoms with van der Waals surface area (Å²) >= 11 is 1.86. The molecule has 0 saturated heterocycles. The van der Waals surface area contributed by atoms with Gasteiger partial charge in [0, 0.05) is 29.7 Å². The Morgan fingerprint density at radius 3 is 2.58 bits per heavy atom. The molecule has 1 saturated carbocycles. The van der Waals surface area contributed by atoms with Crippen molar-refractivity contribution in [2.24, 2.45) is 0 Å². The Bertz CT molecular complexity index is 500. The maximum atomic E-state index is 5.74. The van der Waals surface area contributed by atoms with Gasteiger partial charge in [0.15, 0.2) is 0 Å². The van der Waals surface area contributed by atoms with Crippen molar-refractivity contribution in [2.45, 2.75) is 31.8 Å². The van der Waals surface area contributed by atoms with E-state index < -0.39 is 0 Å². The van der Waals surface area contributed by atoms with E-state index in [0.717, 1.165) is 24.8 Å². The lowest BCUT2D eigenvalue weighted by Gasteiger charge is -2.21. The van der Waals surface area contributed by atoms with Crippen molar-refractivity contribution in [1.82, 2.24) is 4.90 Å². The lowest BCUT2D eigenvalue weighted by atomic mass is 10.2. The van der Waals surface area contributed by atoms with Gasteiger partial charge in [-0.1, -0.05) is 18.2 Å². The summed E-state index contributed by atoms with van der Waals surface area (Å²) in [7, 11) is 0. The number of benzene rings is 1. The van der Waals surface area contributed by atoms with E-state index in [1.807, 2.05) is 23.5 Å². The summed E-state index contributed by atoms with van der Waals surface area (Å²) in [4.78, 5) is 4.11. The first kappa shape index (κ1) is 12.7. The zero-order valence-electron chi connectivity index (χ0n) is 11.1. The van der Waals surface area contributed by atoms with Gasteiger partial charge in [-0.25, -0.2) is 0 Å². The second-order valence-electron chi connectivity index (χ2n) is 5.27. The molecule has 0 spiro atoms. The van der Waals surface area contributed by atoms with Crippen LogP contribution in [0.1, 0.15) is 23.3 Å². The fraction of sp³-hybridized carbons (Fsp3) is 0.375. The number of thiophene rings is 1. The molecule has 2 nitrogen and oxygen atoms in total. The SMILES string of the molecule is Nc1ccc(CN(CCc2cccs2)C2CC2)cc1. The normalized spacial score (nSPS) is 15.0. The molecule has 0 atom stereocenters. The van der Waals surface area contributed by atoms with Gasteiger partial charge in [0.2, 0.25) is 0 Å². The first-order chi connectivity index (χ1) is 9.31. The van der Waals surface area contributed by atoms with Gasteiger partial charge < -0.3 is 5.73 Å². The van der Waals surface area contributed by atoms with Crippen molar-refractivity contribution in [3.8, 4) is 0 Å². The van der Waals surface area contributed by atoms with Crippen LogP contribution in [-0.4, -0.2) is 17.5 Å². The second kappa shape index (κ2) is 5.76. The van der Waals surface area contributed by atoms with Gasteiger partial charge in [0.25, 0.3) is 0 Å². The van der Waals surface area contributed by atoms with Crippen LogP contribution in [0.15, 0.2) is 41.8 Å². The Morgan fingerprint density at radius 2 is 1.95 bits per heavy atom. The molecule has 0 amide bonds. The summed E-state index contributed by atoms with van der Waals surface area (Å²) in [6.45, 7) is 2.21. The molecule has 0 radical (unpaired) electrons. The Balaban J connectivity index is 1.59. The van der Waals surface area contributed by atoms with Crippen molar-refractivity contribution in [2.75, 3.05) is 12.3 Å². The van der Waals surface area contributed by atoms with Gasteiger partial charge in [-0.3, -0.25) is 4.90 Å². The van der Waals surface area contributed by atoms with Crippen LogP contribution in [0.2, 0.25) is 0 Å². The summed E-state index contributed by atoms with van der Waals surface area (Å²) in [6, 6.07) is 13.5. The molecule has 1 aliphatic rings. The fourth-order valence-electron chi connectivity index (χ4n) is 2.40. The zero-order valence-corrected chi connectivity index (χ0v) is 11.9. The highest BCUT2D eigenvalue weighted by Gasteiger charge is 2.28. The average Bonchev–Trinajstić information content (AvgIpc) is 3.13. The van der Waals surface area contributed by atoms with Crippen molar-refractivity contribution in [1.29, 1.82) is 0 Å². The first-order valence-electron chi connectivity index (χ1n) is 6.92. The van der Waals surface area contributed by atoms with Crippen LogP contribution in [0.3, 0.4) is 0 Å². The summed E-state index contributed by atoms with van der Waals surface area (Å²) in [5.41, 5.74) is 7.96. The Labute approximate surface area is 118 Å². The highest BCUT2D eigenvalue weighted by atomic mass is 32.1. The Morgan fingerprint density at radius 1 is 1.16 bits per heavy atom. The predicted octanol–water partition coefficient (Wildman–Crippen LogP) is 3.54. The predicted molar refractivity (Wildman–Crippen MR) is 82.3 cm³/mol. The van der Waals surface area contributed by atoms with E-state index in [-0.39, 0.29) is 0 Å². The molecule has 1 aliphatic carbocycles. The molecule has 19 heavy (non-hydrogen) atoms. The summed E-state index contributed by atoms with van der Waals surface area (Å²) in [6.07, 6.45) is 3.89. The molecular formula is C16H20N2S. The van der Waals surface area contributed by atoms with Gasteiger partial charge in [0.1, 0.15) is 0 Å². The highest BCUT2D eigenvalue weighted by Crippen LogP contribution is 2.28. The van der Waals surface area contributed by atoms with E-state index in [1.165, 1.54) is 29.7 Å². The summed E-state index contributed by atoms with van der Waals surface area (Å²) < 4.78 is 0. The van der Waals surface area contributed by atoms with Gasteiger partial charge in [-0.15, -0.1) is 11.3 Å². The van der Waals surface area contributed by atoms with Crippen LogP contribution < -0.4 is 5.73 Å².